The number of benzene rings is 1. The van der Waals surface area contributed by atoms with Gasteiger partial charge in [0.2, 0.25) is 5.88 Å². The number of aromatic nitrogens is 1. The summed E-state index contributed by atoms with van der Waals surface area (Å²) in [5.74, 6) is -0.615. The van der Waals surface area contributed by atoms with Gasteiger partial charge < -0.3 is 9.64 Å². The number of alkyl halides is 6. The van der Waals surface area contributed by atoms with Gasteiger partial charge in [-0.15, -0.1) is 0 Å². The molecule has 2 fully saturated rings. The number of nitrogens with zero attached hydrogens (tertiary/aromatic N) is 2. The van der Waals surface area contributed by atoms with Crippen LogP contribution in [-0.2, 0) is 27.0 Å². The number of carbonyl (C=O) groups excluding carboxylic acids is 1. The molecule has 1 unspecified atom stereocenters. The maximum Gasteiger partial charge on any atom is 0.417 e. The van der Waals surface area contributed by atoms with Crippen LogP contribution in [0.3, 0.4) is 0 Å². The minimum Gasteiger partial charge on any atom is -0.464 e. The third-order valence-corrected chi connectivity index (χ3v) is 8.42. The molecule has 0 saturated carbocycles. The smallest absolute Gasteiger partial charge is 0.417 e. The van der Waals surface area contributed by atoms with Crippen LogP contribution in [0.4, 0.5) is 26.3 Å². The number of carbonyl (C=O) groups is 1. The van der Waals surface area contributed by atoms with Crippen LogP contribution < -0.4 is 4.74 Å². The van der Waals surface area contributed by atoms with Crippen molar-refractivity contribution in [1.82, 2.24) is 9.88 Å². The molecule has 190 valence electrons. The summed E-state index contributed by atoms with van der Waals surface area (Å²) < 4.78 is 109. The van der Waals surface area contributed by atoms with Crippen molar-refractivity contribution in [3.8, 4) is 5.88 Å². The lowest BCUT2D eigenvalue weighted by Gasteiger charge is -2.23. The summed E-state index contributed by atoms with van der Waals surface area (Å²) in [4.78, 5) is 17.5. The molecule has 13 heteroatoms. The normalized spacial score (nSPS) is 23.7. The topological polar surface area (TPSA) is 76.6 Å². The summed E-state index contributed by atoms with van der Waals surface area (Å²) in [5.41, 5.74) is -2.04. The fourth-order valence-corrected chi connectivity index (χ4v) is 6.35. The Morgan fingerprint density at radius 2 is 1.69 bits per heavy atom. The van der Waals surface area contributed by atoms with Gasteiger partial charge >= 0.3 is 12.4 Å². The van der Waals surface area contributed by atoms with Crippen molar-refractivity contribution in [2.24, 2.45) is 0 Å². The van der Waals surface area contributed by atoms with E-state index in [0.717, 1.165) is 30.3 Å². The lowest BCUT2D eigenvalue weighted by molar-refractivity contribution is -0.138. The molecule has 1 aromatic heterocycles. The lowest BCUT2D eigenvalue weighted by atomic mass is 10.1. The quantitative estimate of drug-likeness (QED) is 0.553. The molecule has 2 saturated heterocycles. The average Bonchev–Trinajstić information content (AvgIpc) is 2.94. The molecule has 35 heavy (non-hydrogen) atoms. The van der Waals surface area contributed by atoms with Gasteiger partial charge in [-0.05, 0) is 43.5 Å². The molecule has 4 rings (SSSR count). The van der Waals surface area contributed by atoms with Crippen LogP contribution >= 0.6 is 0 Å². The molecular weight excluding hydrogens is 502 g/mol. The zero-order valence-electron chi connectivity index (χ0n) is 18.0. The molecule has 2 aliphatic heterocycles. The van der Waals surface area contributed by atoms with E-state index in [1.165, 1.54) is 4.90 Å². The van der Waals surface area contributed by atoms with Crippen LogP contribution in [0.25, 0.3) is 0 Å². The fraction of sp³-hybridized carbons (Fsp3) is 0.455. The van der Waals surface area contributed by atoms with E-state index in [4.69, 9.17) is 4.74 Å². The molecule has 0 aliphatic carbocycles. The van der Waals surface area contributed by atoms with Gasteiger partial charge in [-0.25, -0.2) is 13.4 Å². The highest BCUT2D eigenvalue weighted by Crippen LogP contribution is 2.36. The van der Waals surface area contributed by atoms with Crippen molar-refractivity contribution >= 4 is 15.7 Å². The second kappa shape index (κ2) is 8.99. The predicted octanol–water partition coefficient (Wildman–Crippen LogP) is 4.49. The first-order valence-electron chi connectivity index (χ1n) is 10.7. The van der Waals surface area contributed by atoms with Gasteiger partial charge in [-0.2, -0.15) is 26.3 Å². The van der Waals surface area contributed by atoms with E-state index in [2.05, 4.69) is 4.98 Å². The molecule has 3 atom stereocenters. The number of ether oxygens (including phenoxy) is 1. The summed E-state index contributed by atoms with van der Waals surface area (Å²) in [6.45, 7) is 0.235. The molecule has 6 nitrogen and oxygen atoms in total. The second-order valence-corrected chi connectivity index (χ2v) is 10.7. The summed E-state index contributed by atoms with van der Waals surface area (Å²) in [6.07, 6.45) is -9.17. The maximum atomic E-state index is 13.2. The summed E-state index contributed by atoms with van der Waals surface area (Å²) in [7, 11) is -4.12. The molecule has 0 radical (unpaired) electrons. The Balaban J connectivity index is 1.50. The number of amides is 1. The molecule has 1 amide bonds. The molecule has 2 aliphatic rings. The van der Waals surface area contributed by atoms with E-state index in [1.54, 1.807) is 0 Å². The van der Waals surface area contributed by atoms with Crippen LogP contribution in [0.2, 0.25) is 0 Å². The Kier molecular flexibility index (Phi) is 6.49. The van der Waals surface area contributed by atoms with Gasteiger partial charge in [-0.3, -0.25) is 4.79 Å². The Morgan fingerprint density at radius 1 is 0.971 bits per heavy atom. The zero-order valence-corrected chi connectivity index (χ0v) is 18.8. The SMILES string of the molecule is O=C1[C@@H](Oc2ccc(C(F)(F)F)cn2)C[C@H]2CC(S(=O)(=O)c3cccc(C(F)(F)F)c3)CCCN12. The predicted molar refractivity (Wildman–Crippen MR) is 110 cm³/mol. The minimum absolute atomic E-state index is 0.00458. The third kappa shape index (κ3) is 5.24. The van der Waals surface area contributed by atoms with Crippen LogP contribution in [0.5, 0.6) is 5.88 Å². The van der Waals surface area contributed by atoms with Gasteiger partial charge in [0.1, 0.15) is 0 Å². The fourth-order valence-electron chi connectivity index (χ4n) is 4.45. The Bertz CT molecular complexity index is 1200. The van der Waals surface area contributed by atoms with E-state index in [1.807, 2.05) is 0 Å². The number of rotatable bonds is 4. The third-order valence-electron chi connectivity index (χ3n) is 6.20. The molecule has 0 bridgehead atoms. The van der Waals surface area contributed by atoms with Crippen LogP contribution in [0, 0.1) is 0 Å². The Hall–Kier alpha value is -2.83. The number of fused-ring (bicyclic) bond motifs is 1. The van der Waals surface area contributed by atoms with E-state index in [9.17, 15) is 39.6 Å². The van der Waals surface area contributed by atoms with Gasteiger partial charge in [0.25, 0.3) is 5.91 Å². The molecule has 0 N–H and O–H groups in total. The molecule has 0 spiro atoms. The average molecular weight is 522 g/mol. The van der Waals surface area contributed by atoms with Crippen molar-refractivity contribution in [2.75, 3.05) is 6.54 Å². The number of hydrogen-bond donors (Lipinski definition) is 0. The Labute approximate surface area is 196 Å². The van der Waals surface area contributed by atoms with Gasteiger partial charge in [0.15, 0.2) is 15.9 Å². The molecule has 3 heterocycles. The van der Waals surface area contributed by atoms with Crippen LogP contribution in [0.15, 0.2) is 47.5 Å². The highest BCUT2D eigenvalue weighted by molar-refractivity contribution is 7.92. The summed E-state index contributed by atoms with van der Waals surface area (Å²) in [6, 6.07) is 4.79. The van der Waals surface area contributed by atoms with Crippen molar-refractivity contribution in [3.63, 3.8) is 0 Å². The summed E-state index contributed by atoms with van der Waals surface area (Å²) in [5, 5.41) is -1.00. The molecule has 2 aromatic rings. The second-order valence-electron chi connectivity index (χ2n) is 8.48. The Morgan fingerprint density at radius 3 is 2.31 bits per heavy atom. The molecular formula is C22H20F6N2O4S. The first kappa shape index (κ1) is 25.3. The van der Waals surface area contributed by atoms with Gasteiger partial charge in [0.05, 0.1) is 21.3 Å². The molecule has 1 aromatic carbocycles. The summed E-state index contributed by atoms with van der Waals surface area (Å²) >= 11 is 0. The first-order valence-corrected chi connectivity index (χ1v) is 12.2. The van der Waals surface area contributed by atoms with E-state index in [-0.39, 0.29) is 31.7 Å². The highest BCUT2D eigenvalue weighted by atomic mass is 32.2. The van der Waals surface area contributed by atoms with Crippen molar-refractivity contribution in [2.45, 2.75) is 60.3 Å². The van der Waals surface area contributed by atoms with E-state index in [0.29, 0.717) is 18.7 Å². The maximum absolute atomic E-state index is 13.2. The highest BCUT2D eigenvalue weighted by Gasteiger charge is 2.45. The monoisotopic (exact) mass is 522 g/mol. The largest absolute Gasteiger partial charge is 0.464 e. The van der Waals surface area contributed by atoms with Crippen LogP contribution in [-0.4, -0.2) is 48.1 Å². The lowest BCUT2D eigenvalue weighted by Crippen LogP contribution is -2.36. The van der Waals surface area contributed by atoms with Gasteiger partial charge in [-0.1, -0.05) is 6.07 Å². The number of pyridine rings is 1. The standard InChI is InChI=1S/C22H20F6N2O4S/c23-21(24,25)13-3-1-4-16(9-13)35(32,33)17-5-2-8-30-15(10-17)11-18(20(30)31)34-19-7-6-14(12-29-19)22(26,27)28/h1,3-4,6-7,9,12,15,17-18H,2,5,8,10-11H2/t15-,17?,18+/m1/s1. The van der Waals surface area contributed by atoms with Crippen molar-refractivity contribution < 1.29 is 44.3 Å². The van der Waals surface area contributed by atoms with E-state index >= 15 is 0 Å². The van der Waals surface area contributed by atoms with Gasteiger partial charge in [0, 0.05) is 31.3 Å². The zero-order chi connectivity index (χ0) is 25.6. The number of hydrogen-bond acceptors (Lipinski definition) is 5. The van der Waals surface area contributed by atoms with E-state index < -0.39 is 61.5 Å². The first-order chi connectivity index (χ1) is 16.3. The number of sulfone groups is 1. The number of halogens is 6. The van der Waals surface area contributed by atoms with Crippen molar-refractivity contribution in [1.29, 1.82) is 0 Å². The minimum atomic E-state index is -4.69. The van der Waals surface area contributed by atoms with Crippen LogP contribution in [0.1, 0.15) is 36.8 Å². The van der Waals surface area contributed by atoms with Crippen molar-refractivity contribution in [3.05, 3.63) is 53.7 Å².